The summed E-state index contributed by atoms with van der Waals surface area (Å²) in [5, 5.41) is 3.21. The highest BCUT2D eigenvalue weighted by Crippen LogP contribution is 2.23. The maximum atomic E-state index is 13.0. The molecule has 16 heavy (non-hydrogen) atoms. The highest BCUT2D eigenvalue weighted by atomic mass is 35.5. The lowest BCUT2D eigenvalue weighted by molar-refractivity contribution is -0.141. The number of carbonyl (C=O) groups excluding carboxylic acids is 1. The Bertz CT molecular complexity index is 384. The summed E-state index contributed by atoms with van der Waals surface area (Å²) in [5.41, 5.74) is 0.388. The van der Waals surface area contributed by atoms with E-state index in [4.69, 9.17) is 11.6 Å². The Morgan fingerprint density at radius 2 is 2.31 bits per heavy atom. The first-order valence-corrected chi connectivity index (χ1v) is 5.25. The highest BCUT2D eigenvalue weighted by Gasteiger charge is 2.17. The molecule has 0 aliphatic carbocycles. The van der Waals surface area contributed by atoms with Crippen molar-refractivity contribution in [3.63, 3.8) is 0 Å². The standard InChI is InChI=1S/C11H13ClFNO2/c1-3-9(11(15)16-2)14-10-6-7(13)4-5-8(10)12/h4-6,9,14H,3H2,1-2H3. The molecular formula is C11H13ClFNO2. The van der Waals surface area contributed by atoms with E-state index in [1.54, 1.807) is 0 Å². The van der Waals surface area contributed by atoms with Gasteiger partial charge in [-0.15, -0.1) is 0 Å². The number of halogens is 2. The summed E-state index contributed by atoms with van der Waals surface area (Å²) < 4.78 is 17.6. The number of hydrogen-bond donors (Lipinski definition) is 1. The number of carbonyl (C=O) groups is 1. The third-order valence-electron chi connectivity index (χ3n) is 2.15. The predicted molar refractivity (Wildman–Crippen MR) is 61.1 cm³/mol. The lowest BCUT2D eigenvalue weighted by Gasteiger charge is -2.16. The van der Waals surface area contributed by atoms with Gasteiger partial charge in [-0.2, -0.15) is 0 Å². The van der Waals surface area contributed by atoms with E-state index in [1.165, 1.54) is 25.3 Å². The molecule has 0 saturated carbocycles. The quantitative estimate of drug-likeness (QED) is 0.829. The van der Waals surface area contributed by atoms with Crippen LogP contribution in [0.5, 0.6) is 0 Å². The van der Waals surface area contributed by atoms with Gasteiger partial charge in [0.05, 0.1) is 17.8 Å². The van der Waals surface area contributed by atoms with Crippen LogP contribution in [0.15, 0.2) is 18.2 Å². The Balaban J connectivity index is 2.85. The molecule has 0 saturated heterocycles. The fourth-order valence-electron chi connectivity index (χ4n) is 1.27. The summed E-state index contributed by atoms with van der Waals surface area (Å²) in [6.07, 6.45) is 0.527. The number of benzene rings is 1. The topological polar surface area (TPSA) is 38.3 Å². The normalized spacial score (nSPS) is 12.0. The Kier molecular flexibility index (Phi) is 4.55. The molecule has 0 fully saturated rings. The zero-order valence-corrected chi connectivity index (χ0v) is 9.84. The smallest absolute Gasteiger partial charge is 0.328 e. The van der Waals surface area contributed by atoms with Crippen LogP contribution in [-0.2, 0) is 9.53 Å². The fourth-order valence-corrected chi connectivity index (χ4v) is 1.44. The molecule has 1 unspecified atom stereocenters. The lowest BCUT2D eigenvalue weighted by atomic mass is 10.2. The van der Waals surface area contributed by atoms with Crippen molar-refractivity contribution in [2.45, 2.75) is 19.4 Å². The van der Waals surface area contributed by atoms with Gasteiger partial charge in [0.2, 0.25) is 0 Å². The average molecular weight is 246 g/mol. The van der Waals surface area contributed by atoms with Crippen molar-refractivity contribution >= 4 is 23.3 Å². The van der Waals surface area contributed by atoms with Crippen molar-refractivity contribution in [1.29, 1.82) is 0 Å². The second-order valence-corrected chi connectivity index (χ2v) is 3.66. The van der Waals surface area contributed by atoms with Crippen LogP contribution in [0.25, 0.3) is 0 Å². The molecule has 0 aliphatic heterocycles. The molecule has 0 radical (unpaired) electrons. The monoisotopic (exact) mass is 245 g/mol. The summed E-state index contributed by atoms with van der Waals surface area (Å²) in [5.74, 6) is -0.811. The zero-order chi connectivity index (χ0) is 12.1. The molecule has 0 spiro atoms. The number of esters is 1. The van der Waals surface area contributed by atoms with E-state index in [9.17, 15) is 9.18 Å². The van der Waals surface area contributed by atoms with Gasteiger partial charge in [-0.05, 0) is 24.6 Å². The SMILES string of the molecule is CCC(Nc1cc(F)ccc1Cl)C(=O)OC. The first kappa shape index (κ1) is 12.8. The van der Waals surface area contributed by atoms with Crippen LogP contribution in [0.1, 0.15) is 13.3 Å². The Hall–Kier alpha value is -1.29. The number of hydrogen-bond acceptors (Lipinski definition) is 3. The summed E-state index contributed by atoms with van der Waals surface area (Å²) in [6, 6.07) is 3.41. The number of anilines is 1. The van der Waals surface area contributed by atoms with Crippen LogP contribution in [0.3, 0.4) is 0 Å². The minimum Gasteiger partial charge on any atom is -0.467 e. The van der Waals surface area contributed by atoms with E-state index in [0.29, 0.717) is 17.1 Å². The second kappa shape index (κ2) is 5.70. The van der Waals surface area contributed by atoms with Gasteiger partial charge < -0.3 is 10.1 Å². The minimum absolute atomic E-state index is 0.365. The van der Waals surface area contributed by atoms with Crippen LogP contribution in [-0.4, -0.2) is 19.1 Å². The molecule has 5 heteroatoms. The van der Waals surface area contributed by atoms with Crippen molar-refractivity contribution in [2.75, 3.05) is 12.4 Å². The van der Waals surface area contributed by atoms with Gasteiger partial charge in [0.1, 0.15) is 11.9 Å². The van der Waals surface area contributed by atoms with Gasteiger partial charge >= 0.3 is 5.97 Å². The van der Waals surface area contributed by atoms with Crippen molar-refractivity contribution in [3.8, 4) is 0 Å². The summed E-state index contributed by atoms with van der Waals surface area (Å²) >= 11 is 5.86. The van der Waals surface area contributed by atoms with Crippen molar-refractivity contribution in [2.24, 2.45) is 0 Å². The van der Waals surface area contributed by atoms with Crippen LogP contribution < -0.4 is 5.32 Å². The minimum atomic E-state index is -0.524. The maximum Gasteiger partial charge on any atom is 0.328 e. The molecule has 1 aromatic rings. The molecular weight excluding hydrogens is 233 g/mol. The molecule has 1 atom stereocenters. The molecule has 3 nitrogen and oxygen atoms in total. The van der Waals surface area contributed by atoms with Gasteiger partial charge in [-0.3, -0.25) is 0 Å². The van der Waals surface area contributed by atoms with Gasteiger partial charge in [0, 0.05) is 0 Å². The van der Waals surface area contributed by atoms with Gasteiger partial charge in [0.25, 0.3) is 0 Å². The van der Waals surface area contributed by atoms with E-state index in [-0.39, 0.29) is 0 Å². The highest BCUT2D eigenvalue weighted by molar-refractivity contribution is 6.33. The molecule has 0 amide bonds. The second-order valence-electron chi connectivity index (χ2n) is 3.25. The van der Waals surface area contributed by atoms with Crippen LogP contribution >= 0.6 is 11.6 Å². The van der Waals surface area contributed by atoms with E-state index in [1.807, 2.05) is 6.92 Å². The third-order valence-corrected chi connectivity index (χ3v) is 2.48. The number of rotatable bonds is 4. The predicted octanol–water partition coefficient (Wildman–Crippen LogP) is 2.84. The number of nitrogens with one attached hydrogen (secondary N) is 1. The Morgan fingerprint density at radius 1 is 1.62 bits per heavy atom. The largest absolute Gasteiger partial charge is 0.467 e. The third kappa shape index (κ3) is 3.10. The van der Waals surface area contributed by atoms with Gasteiger partial charge in [-0.25, -0.2) is 9.18 Å². The van der Waals surface area contributed by atoms with Crippen molar-refractivity contribution < 1.29 is 13.9 Å². The molecule has 1 rings (SSSR count). The molecule has 0 aromatic heterocycles. The van der Waals surface area contributed by atoms with Gasteiger partial charge in [0.15, 0.2) is 0 Å². The molecule has 0 bridgehead atoms. The molecule has 0 aliphatic rings. The van der Waals surface area contributed by atoms with Crippen LogP contribution in [0, 0.1) is 5.82 Å². The van der Waals surface area contributed by atoms with Gasteiger partial charge in [-0.1, -0.05) is 18.5 Å². The molecule has 1 aromatic carbocycles. The molecule has 1 N–H and O–H groups in total. The van der Waals surface area contributed by atoms with E-state index in [0.717, 1.165) is 0 Å². The van der Waals surface area contributed by atoms with E-state index < -0.39 is 17.8 Å². The lowest BCUT2D eigenvalue weighted by Crippen LogP contribution is -2.29. The Morgan fingerprint density at radius 3 is 2.88 bits per heavy atom. The average Bonchev–Trinajstić information content (AvgIpc) is 2.29. The molecule has 0 heterocycles. The summed E-state index contributed by atoms with van der Waals surface area (Å²) in [6.45, 7) is 1.82. The van der Waals surface area contributed by atoms with Crippen LogP contribution in [0.4, 0.5) is 10.1 Å². The molecule has 88 valence electrons. The summed E-state index contributed by atoms with van der Waals surface area (Å²) in [4.78, 5) is 11.3. The van der Waals surface area contributed by atoms with Crippen LogP contribution in [0.2, 0.25) is 5.02 Å². The first-order chi connectivity index (χ1) is 7.58. The maximum absolute atomic E-state index is 13.0. The van der Waals surface area contributed by atoms with E-state index in [2.05, 4.69) is 10.1 Å². The first-order valence-electron chi connectivity index (χ1n) is 4.88. The van der Waals surface area contributed by atoms with Crippen molar-refractivity contribution in [3.05, 3.63) is 29.0 Å². The van der Waals surface area contributed by atoms with E-state index >= 15 is 0 Å². The number of ether oxygens (including phenoxy) is 1. The summed E-state index contributed by atoms with van der Waals surface area (Å²) in [7, 11) is 1.31. The van der Waals surface area contributed by atoms with Crippen molar-refractivity contribution in [1.82, 2.24) is 0 Å². The fraction of sp³-hybridized carbons (Fsp3) is 0.364. The zero-order valence-electron chi connectivity index (χ0n) is 9.09. The number of methoxy groups -OCH3 is 1. The Labute approximate surface area is 98.5 Å².